The largest absolute Gasteiger partial charge is 0.497 e. The Balaban J connectivity index is 1.55. The van der Waals surface area contributed by atoms with E-state index in [0.29, 0.717) is 18.7 Å². The number of hydrogen-bond donors (Lipinski definition) is 2. The molecule has 2 aromatic rings. The molecular weight excluding hydrogens is 472 g/mol. The van der Waals surface area contributed by atoms with Gasteiger partial charge in [0, 0.05) is 26.1 Å². The topological polar surface area (TPSA) is 114 Å². The lowest BCUT2D eigenvalue weighted by Crippen LogP contribution is -2.38. The second-order valence-electron chi connectivity index (χ2n) is 8.13. The van der Waals surface area contributed by atoms with E-state index < -0.39 is 16.3 Å². The van der Waals surface area contributed by atoms with Gasteiger partial charge in [0.15, 0.2) is 5.76 Å². The Hall–Kier alpha value is -2.92. The van der Waals surface area contributed by atoms with Crippen LogP contribution >= 0.6 is 0 Å². The Labute approximate surface area is 206 Å². The molecule has 2 N–H and O–H groups in total. The monoisotopic (exact) mass is 504 g/mol. The maximum absolute atomic E-state index is 13.0. The summed E-state index contributed by atoms with van der Waals surface area (Å²) in [6, 6.07) is 15.6. The van der Waals surface area contributed by atoms with Gasteiger partial charge in [-0.05, 0) is 41.8 Å². The van der Waals surface area contributed by atoms with Gasteiger partial charge in [-0.1, -0.05) is 37.3 Å². The van der Waals surface area contributed by atoms with Gasteiger partial charge in [0.25, 0.3) is 5.91 Å². The SMILES string of the molecule is COc1ccc(S(=O)(=O)N(CCO)CCO[C@H]2C[C@@H](C)C=C(C(=O)NCc3ccccc3)O2)cc1. The Bertz CT molecular complexity index is 1090. The normalized spacial score (nSPS) is 18.0. The molecule has 1 amide bonds. The van der Waals surface area contributed by atoms with Crippen molar-refractivity contribution in [2.75, 3.05) is 33.4 Å². The summed E-state index contributed by atoms with van der Waals surface area (Å²) in [6.45, 7) is 1.97. The third-order valence-electron chi connectivity index (χ3n) is 5.47. The molecule has 0 unspecified atom stereocenters. The number of nitrogens with zero attached hydrogens (tertiary/aromatic N) is 1. The van der Waals surface area contributed by atoms with Crippen LogP contribution in [0.1, 0.15) is 18.9 Å². The highest BCUT2D eigenvalue weighted by Gasteiger charge is 2.28. The zero-order valence-electron chi connectivity index (χ0n) is 19.9. The molecule has 0 fully saturated rings. The molecular formula is C25H32N2O7S. The number of nitrogens with one attached hydrogen (secondary N) is 1. The lowest BCUT2D eigenvalue weighted by atomic mass is 10.0. The zero-order chi connectivity index (χ0) is 25.3. The van der Waals surface area contributed by atoms with Crippen molar-refractivity contribution in [3.05, 3.63) is 72.0 Å². The van der Waals surface area contributed by atoms with Crippen molar-refractivity contribution < 1.29 is 32.5 Å². The predicted molar refractivity (Wildman–Crippen MR) is 130 cm³/mol. The van der Waals surface area contributed by atoms with Crippen LogP contribution < -0.4 is 10.1 Å². The summed E-state index contributed by atoms with van der Waals surface area (Å²) < 4.78 is 43.8. The summed E-state index contributed by atoms with van der Waals surface area (Å²) in [5.41, 5.74) is 0.972. The quantitative estimate of drug-likeness (QED) is 0.456. The first-order valence-electron chi connectivity index (χ1n) is 11.4. The minimum Gasteiger partial charge on any atom is -0.497 e. The van der Waals surface area contributed by atoms with Crippen molar-refractivity contribution >= 4 is 15.9 Å². The van der Waals surface area contributed by atoms with Crippen LogP contribution in [0.4, 0.5) is 0 Å². The van der Waals surface area contributed by atoms with Gasteiger partial charge in [0.05, 0.1) is 25.2 Å². The number of ether oxygens (including phenoxy) is 3. The molecule has 1 heterocycles. The molecule has 2 atom stereocenters. The van der Waals surface area contributed by atoms with Crippen molar-refractivity contribution in [3.8, 4) is 5.75 Å². The van der Waals surface area contributed by atoms with E-state index in [0.717, 1.165) is 9.87 Å². The van der Waals surface area contributed by atoms with Gasteiger partial charge in [0.1, 0.15) is 5.75 Å². The molecule has 35 heavy (non-hydrogen) atoms. The van der Waals surface area contributed by atoms with Gasteiger partial charge in [-0.25, -0.2) is 8.42 Å². The number of amides is 1. The van der Waals surface area contributed by atoms with E-state index in [4.69, 9.17) is 14.2 Å². The van der Waals surface area contributed by atoms with E-state index in [2.05, 4.69) is 5.32 Å². The molecule has 3 rings (SSSR count). The van der Waals surface area contributed by atoms with Crippen molar-refractivity contribution in [3.63, 3.8) is 0 Å². The van der Waals surface area contributed by atoms with E-state index in [1.165, 1.54) is 19.2 Å². The first kappa shape index (κ1) is 26.7. The first-order chi connectivity index (χ1) is 16.8. The number of carbonyl (C=O) groups is 1. The van der Waals surface area contributed by atoms with Crippen LogP contribution in [0.5, 0.6) is 5.75 Å². The molecule has 1 aliphatic heterocycles. The van der Waals surface area contributed by atoms with Crippen LogP contribution in [0.15, 0.2) is 71.3 Å². The maximum Gasteiger partial charge on any atom is 0.286 e. The zero-order valence-corrected chi connectivity index (χ0v) is 20.7. The molecule has 0 aliphatic carbocycles. The second-order valence-corrected chi connectivity index (χ2v) is 10.1. The molecule has 0 bridgehead atoms. The average molecular weight is 505 g/mol. The molecule has 0 saturated carbocycles. The van der Waals surface area contributed by atoms with Crippen LogP contribution in [0.25, 0.3) is 0 Å². The number of rotatable bonds is 12. The highest BCUT2D eigenvalue weighted by Crippen LogP contribution is 2.24. The molecule has 190 valence electrons. The Morgan fingerprint density at radius 1 is 1.14 bits per heavy atom. The van der Waals surface area contributed by atoms with E-state index in [1.807, 2.05) is 37.3 Å². The third kappa shape index (κ3) is 7.53. The predicted octanol–water partition coefficient (Wildman–Crippen LogP) is 2.28. The van der Waals surface area contributed by atoms with E-state index in [9.17, 15) is 18.3 Å². The van der Waals surface area contributed by atoms with Gasteiger partial charge in [-0.15, -0.1) is 0 Å². The standard InChI is InChI=1S/C25H32N2O7S/c1-19-16-23(25(29)26-18-20-6-4-3-5-7-20)34-24(17-19)33-15-13-27(12-14-28)35(30,31)22-10-8-21(32-2)9-11-22/h3-11,16,19,24,28H,12-15,17-18H2,1-2H3,(H,26,29)/t19-,24+/m0/s1. The number of benzene rings is 2. The van der Waals surface area contributed by atoms with Crippen LogP contribution in [0.3, 0.4) is 0 Å². The van der Waals surface area contributed by atoms with Crippen molar-refractivity contribution in [2.45, 2.75) is 31.1 Å². The number of hydrogen-bond acceptors (Lipinski definition) is 7. The van der Waals surface area contributed by atoms with Crippen LogP contribution in [0, 0.1) is 5.92 Å². The fourth-order valence-electron chi connectivity index (χ4n) is 3.60. The minimum atomic E-state index is -3.84. The summed E-state index contributed by atoms with van der Waals surface area (Å²) in [4.78, 5) is 12.7. The molecule has 9 nitrogen and oxygen atoms in total. The fraction of sp³-hybridized carbons (Fsp3) is 0.400. The number of sulfonamides is 1. The van der Waals surface area contributed by atoms with Gasteiger partial charge in [0.2, 0.25) is 16.3 Å². The first-order valence-corrected chi connectivity index (χ1v) is 12.8. The Morgan fingerprint density at radius 3 is 2.51 bits per heavy atom. The molecule has 0 radical (unpaired) electrons. The summed E-state index contributed by atoms with van der Waals surface area (Å²) in [5.74, 6) is 0.435. The lowest BCUT2D eigenvalue weighted by molar-refractivity contribution is -0.148. The average Bonchev–Trinajstić information content (AvgIpc) is 2.87. The van der Waals surface area contributed by atoms with E-state index >= 15 is 0 Å². The molecule has 1 aliphatic rings. The third-order valence-corrected chi connectivity index (χ3v) is 7.38. The smallest absolute Gasteiger partial charge is 0.286 e. The van der Waals surface area contributed by atoms with Crippen molar-refractivity contribution in [2.24, 2.45) is 5.92 Å². The van der Waals surface area contributed by atoms with E-state index in [1.54, 1.807) is 18.2 Å². The lowest BCUT2D eigenvalue weighted by Gasteiger charge is -2.28. The Morgan fingerprint density at radius 2 is 1.86 bits per heavy atom. The van der Waals surface area contributed by atoms with Crippen LogP contribution in [-0.2, 0) is 30.8 Å². The molecule has 10 heteroatoms. The number of carbonyl (C=O) groups excluding carboxylic acids is 1. The van der Waals surface area contributed by atoms with Gasteiger partial charge < -0.3 is 24.6 Å². The molecule has 2 aromatic carbocycles. The van der Waals surface area contributed by atoms with Gasteiger partial charge >= 0.3 is 0 Å². The van der Waals surface area contributed by atoms with Gasteiger partial charge in [-0.2, -0.15) is 4.31 Å². The highest BCUT2D eigenvalue weighted by molar-refractivity contribution is 7.89. The van der Waals surface area contributed by atoms with Crippen LogP contribution in [-0.4, -0.2) is 63.4 Å². The van der Waals surface area contributed by atoms with Crippen molar-refractivity contribution in [1.82, 2.24) is 9.62 Å². The summed E-state index contributed by atoms with van der Waals surface area (Å²) in [7, 11) is -2.34. The fourth-order valence-corrected chi connectivity index (χ4v) is 5.02. The summed E-state index contributed by atoms with van der Waals surface area (Å²) in [5, 5.41) is 12.2. The molecule has 0 saturated heterocycles. The van der Waals surface area contributed by atoms with Crippen LogP contribution in [0.2, 0.25) is 0 Å². The number of aliphatic hydroxyl groups is 1. The van der Waals surface area contributed by atoms with E-state index in [-0.39, 0.29) is 48.8 Å². The number of aliphatic hydroxyl groups excluding tert-OH is 1. The molecule has 0 aromatic heterocycles. The highest BCUT2D eigenvalue weighted by atomic mass is 32.2. The van der Waals surface area contributed by atoms with Gasteiger partial charge in [-0.3, -0.25) is 4.79 Å². The summed E-state index contributed by atoms with van der Waals surface area (Å²) in [6.07, 6.45) is 1.60. The molecule has 0 spiro atoms. The Kier molecular flexibility index (Phi) is 9.67. The maximum atomic E-state index is 13.0. The van der Waals surface area contributed by atoms with Crippen molar-refractivity contribution in [1.29, 1.82) is 0 Å². The number of methoxy groups -OCH3 is 1. The number of allylic oxidation sites excluding steroid dienone is 1. The minimum absolute atomic E-state index is 0.0163. The second kappa shape index (κ2) is 12.7. The summed E-state index contributed by atoms with van der Waals surface area (Å²) >= 11 is 0.